The fraction of sp³-hybridized carbons (Fsp3) is 0.353. The fourth-order valence-corrected chi connectivity index (χ4v) is 5.43. The molecule has 5 rings (SSSR count). The van der Waals surface area contributed by atoms with Gasteiger partial charge in [-0.25, -0.2) is 0 Å². The first-order chi connectivity index (χ1) is 21.2. The maximum Gasteiger partial charge on any atom is 0.310 e. The molecule has 0 spiro atoms. The summed E-state index contributed by atoms with van der Waals surface area (Å²) >= 11 is 0. The number of benzene rings is 3. The zero-order valence-corrected chi connectivity index (χ0v) is 24.9. The van der Waals surface area contributed by atoms with E-state index in [0.717, 1.165) is 21.9 Å². The molecule has 0 saturated carbocycles. The van der Waals surface area contributed by atoms with Crippen LogP contribution in [0.3, 0.4) is 0 Å². The van der Waals surface area contributed by atoms with Crippen LogP contribution in [0, 0.1) is 0 Å². The lowest BCUT2D eigenvalue weighted by Gasteiger charge is -2.26. The van der Waals surface area contributed by atoms with Crippen LogP contribution in [0.4, 0.5) is 0 Å². The quantitative estimate of drug-likeness (QED) is 0.208. The highest BCUT2D eigenvalue weighted by Crippen LogP contribution is 2.19. The van der Waals surface area contributed by atoms with Crippen molar-refractivity contribution < 1.29 is 29.0 Å². The third-order valence-corrected chi connectivity index (χ3v) is 7.95. The highest BCUT2D eigenvalue weighted by molar-refractivity contribution is 6.01. The molecule has 2 heterocycles. The van der Waals surface area contributed by atoms with Crippen LogP contribution < -0.4 is 16.0 Å². The molecule has 2 aliphatic heterocycles. The summed E-state index contributed by atoms with van der Waals surface area (Å²) in [6, 6.07) is 19.7. The van der Waals surface area contributed by atoms with E-state index in [2.05, 4.69) is 54.1 Å². The van der Waals surface area contributed by atoms with Gasteiger partial charge in [-0.2, -0.15) is 0 Å². The number of rotatable bonds is 10. The minimum absolute atomic E-state index is 0.154. The zero-order valence-electron chi connectivity index (χ0n) is 24.9. The standard InChI is InChI=1S/C34H38N4O6/c1-21(2)24-10-7-22(8-11-24)17-35-18-23-9-14-28(37-32(41)27-13-12-25-5-3-4-6-26(25)15-27)33(42)38(19-23)20-30(39)36-29-16-31(40)44-34(29)43/h3-13,15,21,28-29,34-35,43H,14,16-20H2,1-2H3,(H,36,39)(H,37,41). The van der Waals surface area contributed by atoms with E-state index in [-0.39, 0.29) is 31.8 Å². The predicted octanol–water partition coefficient (Wildman–Crippen LogP) is 2.76. The van der Waals surface area contributed by atoms with Crippen molar-refractivity contribution in [2.24, 2.45) is 0 Å². The summed E-state index contributed by atoms with van der Waals surface area (Å²) in [4.78, 5) is 52.8. The molecule has 0 aliphatic carbocycles. The van der Waals surface area contributed by atoms with Crippen LogP contribution in [-0.2, 0) is 25.7 Å². The van der Waals surface area contributed by atoms with Crippen LogP contribution in [0.25, 0.3) is 10.8 Å². The van der Waals surface area contributed by atoms with Gasteiger partial charge in [-0.15, -0.1) is 0 Å². The van der Waals surface area contributed by atoms with Crippen LogP contribution >= 0.6 is 0 Å². The summed E-state index contributed by atoms with van der Waals surface area (Å²) in [7, 11) is 0. The van der Waals surface area contributed by atoms with Gasteiger partial charge in [-0.3, -0.25) is 19.2 Å². The summed E-state index contributed by atoms with van der Waals surface area (Å²) in [5, 5.41) is 20.7. The van der Waals surface area contributed by atoms with Crippen molar-refractivity contribution in [3.8, 4) is 0 Å². The van der Waals surface area contributed by atoms with Gasteiger partial charge < -0.3 is 30.7 Å². The number of hydrogen-bond acceptors (Lipinski definition) is 7. The summed E-state index contributed by atoms with van der Waals surface area (Å²) < 4.78 is 4.71. The van der Waals surface area contributed by atoms with Crippen LogP contribution in [0.5, 0.6) is 0 Å². The predicted molar refractivity (Wildman–Crippen MR) is 165 cm³/mol. The smallest absolute Gasteiger partial charge is 0.310 e. The molecular weight excluding hydrogens is 560 g/mol. The zero-order chi connectivity index (χ0) is 31.2. The van der Waals surface area contributed by atoms with Gasteiger partial charge in [0.1, 0.15) is 12.1 Å². The molecule has 1 fully saturated rings. The van der Waals surface area contributed by atoms with Gasteiger partial charge in [-0.1, -0.05) is 74.5 Å². The Bertz CT molecular complexity index is 1570. The largest absolute Gasteiger partial charge is 0.434 e. The van der Waals surface area contributed by atoms with E-state index in [4.69, 9.17) is 4.74 Å². The van der Waals surface area contributed by atoms with Crippen LogP contribution in [0.15, 0.2) is 78.4 Å². The number of amides is 3. The lowest BCUT2D eigenvalue weighted by molar-refractivity contribution is -0.155. The molecule has 2 aliphatic rings. The van der Waals surface area contributed by atoms with Gasteiger partial charge in [0.15, 0.2) is 0 Å². The average Bonchev–Trinajstić information content (AvgIpc) is 3.25. The highest BCUT2D eigenvalue weighted by Gasteiger charge is 2.36. The first kappa shape index (κ1) is 30.9. The fourth-order valence-electron chi connectivity index (χ4n) is 5.43. The summed E-state index contributed by atoms with van der Waals surface area (Å²) in [5.74, 6) is -1.49. The van der Waals surface area contributed by atoms with Crippen molar-refractivity contribution in [2.45, 2.75) is 57.5 Å². The lowest BCUT2D eigenvalue weighted by atomic mass is 10.0. The Balaban J connectivity index is 1.28. The van der Waals surface area contributed by atoms with Gasteiger partial charge >= 0.3 is 5.97 Å². The first-order valence-corrected chi connectivity index (χ1v) is 14.9. The summed E-state index contributed by atoms with van der Waals surface area (Å²) in [6.45, 7) is 5.27. The molecule has 4 N–H and O–H groups in total. The number of aliphatic hydroxyl groups excluding tert-OH is 1. The van der Waals surface area contributed by atoms with E-state index in [1.165, 1.54) is 10.5 Å². The highest BCUT2D eigenvalue weighted by atomic mass is 16.6. The molecule has 0 aromatic heterocycles. The number of nitrogens with zero attached hydrogens (tertiary/aromatic N) is 1. The molecule has 3 atom stereocenters. The molecule has 0 radical (unpaired) electrons. The molecule has 44 heavy (non-hydrogen) atoms. The Hall–Kier alpha value is -4.54. The third-order valence-electron chi connectivity index (χ3n) is 7.95. The molecule has 3 aromatic carbocycles. The number of cyclic esters (lactones) is 1. The van der Waals surface area contributed by atoms with Crippen molar-refractivity contribution in [3.63, 3.8) is 0 Å². The van der Waals surface area contributed by atoms with E-state index in [1.807, 2.05) is 36.4 Å². The Kier molecular flexibility index (Phi) is 9.72. The summed E-state index contributed by atoms with van der Waals surface area (Å²) in [6.07, 6.45) is 0.608. The Morgan fingerprint density at radius 3 is 2.43 bits per heavy atom. The molecular formula is C34H38N4O6. The Morgan fingerprint density at radius 1 is 0.977 bits per heavy atom. The average molecular weight is 599 g/mol. The molecule has 0 bridgehead atoms. The Labute approximate surface area is 256 Å². The number of carbonyl (C=O) groups excluding carboxylic acids is 4. The first-order valence-electron chi connectivity index (χ1n) is 14.9. The topological polar surface area (TPSA) is 137 Å². The van der Waals surface area contributed by atoms with Crippen LogP contribution in [-0.4, -0.2) is 71.7 Å². The second kappa shape index (κ2) is 13.8. The second-order valence-corrected chi connectivity index (χ2v) is 11.6. The van der Waals surface area contributed by atoms with Crippen molar-refractivity contribution in [1.29, 1.82) is 0 Å². The maximum absolute atomic E-state index is 13.7. The number of ether oxygens (including phenoxy) is 1. The minimum Gasteiger partial charge on any atom is -0.434 e. The molecule has 10 nitrogen and oxygen atoms in total. The molecule has 230 valence electrons. The van der Waals surface area contributed by atoms with Gasteiger partial charge in [-0.05, 0) is 51.9 Å². The lowest BCUT2D eigenvalue weighted by Crippen LogP contribution is -2.52. The molecule has 3 amide bonds. The maximum atomic E-state index is 13.7. The number of nitrogens with one attached hydrogen (secondary N) is 3. The van der Waals surface area contributed by atoms with Gasteiger partial charge in [0, 0.05) is 25.2 Å². The monoisotopic (exact) mass is 598 g/mol. The van der Waals surface area contributed by atoms with E-state index in [9.17, 15) is 24.3 Å². The molecule has 10 heteroatoms. The van der Waals surface area contributed by atoms with Gasteiger partial charge in [0.2, 0.25) is 18.1 Å². The number of fused-ring (bicyclic) bond motifs is 1. The van der Waals surface area contributed by atoms with Gasteiger partial charge in [0.05, 0.1) is 13.0 Å². The number of hydrogen-bond donors (Lipinski definition) is 4. The van der Waals surface area contributed by atoms with Crippen molar-refractivity contribution in [2.75, 3.05) is 19.6 Å². The number of esters is 1. The molecule has 3 unspecified atom stereocenters. The van der Waals surface area contributed by atoms with E-state index in [0.29, 0.717) is 24.6 Å². The third kappa shape index (κ3) is 7.69. The molecule has 1 saturated heterocycles. The molecule has 3 aromatic rings. The Morgan fingerprint density at radius 2 is 1.73 bits per heavy atom. The minimum atomic E-state index is -1.44. The number of carbonyl (C=O) groups is 4. The van der Waals surface area contributed by atoms with E-state index in [1.54, 1.807) is 12.1 Å². The van der Waals surface area contributed by atoms with Crippen molar-refractivity contribution in [3.05, 3.63) is 95.1 Å². The normalized spacial score (nSPS) is 20.3. The SMILES string of the molecule is CC(C)c1ccc(CNCC2=CCC(NC(=O)c3ccc4ccccc4c3)C(=O)N(CC(=O)NC3CC(=O)OC3O)C2)cc1. The summed E-state index contributed by atoms with van der Waals surface area (Å²) in [5.41, 5.74) is 3.72. The van der Waals surface area contributed by atoms with Crippen molar-refractivity contribution in [1.82, 2.24) is 20.9 Å². The van der Waals surface area contributed by atoms with E-state index < -0.39 is 36.2 Å². The van der Waals surface area contributed by atoms with Gasteiger partial charge in [0.25, 0.3) is 5.91 Å². The van der Waals surface area contributed by atoms with Crippen LogP contribution in [0.1, 0.15) is 54.1 Å². The van der Waals surface area contributed by atoms with E-state index >= 15 is 0 Å². The number of aliphatic hydroxyl groups is 1. The van der Waals surface area contributed by atoms with Crippen LogP contribution in [0.2, 0.25) is 0 Å². The second-order valence-electron chi connectivity index (χ2n) is 11.6. The van der Waals surface area contributed by atoms with Crippen molar-refractivity contribution >= 4 is 34.5 Å².